The maximum Gasteiger partial charge on any atom is 0.243 e. The van der Waals surface area contributed by atoms with Crippen molar-refractivity contribution in [3.63, 3.8) is 0 Å². The van der Waals surface area contributed by atoms with Gasteiger partial charge in [0.1, 0.15) is 5.25 Å². The van der Waals surface area contributed by atoms with Gasteiger partial charge < -0.3 is 5.73 Å². The number of nitrogens with one attached hydrogen (secondary N) is 1. The van der Waals surface area contributed by atoms with E-state index >= 15 is 0 Å². The Morgan fingerprint density at radius 3 is 2.80 bits per heavy atom. The summed E-state index contributed by atoms with van der Waals surface area (Å²) in [5.41, 5.74) is 5.34. The van der Waals surface area contributed by atoms with Crippen molar-refractivity contribution >= 4 is 29.5 Å². The van der Waals surface area contributed by atoms with Gasteiger partial charge in [0.2, 0.25) is 22.9 Å². The number of nitrogen functional groups attached to an aromatic ring is 1. The summed E-state index contributed by atoms with van der Waals surface area (Å²) >= 11 is 1.14. The second kappa shape index (κ2) is 3.54. The summed E-state index contributed by atoms with van der Waals surface area (Å²) in [4.78, 5) is 27.7. The molecule has 0 spiro atoms. The van der Waals surface area contributed by atoms with Crippen molar-refractivity contribution < 1.29 is 9.59 Å². The van der Waals surface area contributed by atoms with Crippen LogP contribution >= 0.6 is 11.8 Å². The van der Waals surface area contributed by atoms with Crippen LogP contribution in [0.5, 0.6) is 0 Å². The van der Waals surface area contributed by atoms with Crippen molar-refractivity contribution in [3.8, 4) is 0 Å². The molecular weight excluding hydrogens is 218 g/mol. The summed E-state index contributed by atoms with van der Waals surface area (Å²) in [6.45, 7) is 0. The molecule has 0 saturated carbocycles. The van der Waals surface area contributed by atoms with Gasteiger partial charge in [0.15, 0.2) is 0 Å². The Labute approximate surface area is 89.4 Å². The Balaban J connectivity index is 2.08. The van der Waals surface area contributed by atoms with Crippen LogP contribution in [0.25, 0.3) is 0 Å². The second-order valence-corrected chi connectivity index (χ2v) is 4.27. The number of rotatable bonds is 2. The van der Waals surface area contributed by atoms with Crippen LogP contribution in [0.15, 0.2) is 5.16 Å². The van der Waals surface area contributed by atoms with E-state index in [1.54, 1.807) is 0 Å². The number of carbonyl (C=O) groups excluding carboxylic acids is 2. The largest absolute Gasteiger partial charge is 0.368 e. The van der Waals surface area contributed by atoms with Crippen LogP contribution < -0.4 is 5.73 Å². The molecule has 2 heterocycles. The minimum absolute atomic E-state index is 0.180. The smallest absolute Gasteiger partial charge is 0.243 e. The SMILES string of the molecule is CN1C(=O)CC(Sc2n[nH]c(N)n2)C1=O. The highest BCUT2D eigenvalue weighted by atomic mass is 32.2. The van der Waals surface area contributed by atoms with Crippen LogP contribution in [-0.4, -0.2) is 44.2 Å². The van der Waals surface area contributed by atoms with E-state index in [1.165, 1.54) is 7.05 Å². The lowest BCUT2D eigenvalue weighted by Crippen LogP contribution is -2.26. The fraction of sp³-hybridized carbons (Fsp3) is 0.429. The predicted molar refractivity (Wildman–Crippen MR) is 52.8 cm³/mol. The number of likely N-dealkylation sites (tertiary alicyclic amines) is 1. The fourth-order valence-corrected chi connectivity index (χ4v) is 2.24. The van der Waals surface area contributed by atoms with Crippen LogP contribution in [0, 0.1) is 0 Å². The number of aromatic nitrogens is 3. The molecule has 1 aliphatic heterocycles. The number of imide groups is 1. The van der Waals surface area contributed by atoms with E-state index in [4.69, 9.17) is 5.73 Å². The molecule has 0 bridgehead atoms. The van der Waals surface area contributed by atoms with Crippen molar-refractivity contribution in [2.75, 3.05) is 12.8 Å². The molecule has 1 unspecified atom stereocenters. The molecule has 8 heteroatoms. The molecule has 15 heavy (non-hydrogen) atoms. The molecule has 1 atom stereocenters. The second-order valence-electron chi connectivity index (χ2n) is 3.10. The molecule has 2 rings (SSSR count). The lowest BCUT2D eigenvalue weighted by Gasteiger charge is -2.05. The monoisotopic (exact) mass is 227 g/mol. The number of amides is 2. The molecule has 3 N–H and O–H groups in total. The third kappa shape index (κ3) is 1.80. The molecule has 0 radical (unpaired) electrons. The number of carbonyl (C=O) groups is 2. The minimum atomic E-state index is -0.433. The highest BCUT2D eigenvalue weighted by Crippen LogP contribution is 2.28. The molecule has 1 aromatic heterocycles. The van der Waals surface area contributed by atoms with Gasteiger partial charge in [-0.05, 0) is 0 Å². The molecule has 7 nitrogen and oxygen atoms in total. The van der Waals surface area contributed by atoms with Gasteiger partial charge in [0.05, 0.1) is 0 Å². The quantitative estimate of drug-likeness (QED) is 0.643. The van der Waals surface area contributed by atoms with Crippen LogP contribution in [0.4, 0.5) is 5.95 Å². The van der Waals surface area contributed by atoms with Gasteiger partial charge >= 0.3 is 0 Å². The van der Waals surface area contributed by atoms with E-state index in [9.17, 15) is 9.59 Å². The summed E-state index contributed by atoms with van der Waals surface area (Å²) in [7, 11) is 1.47. The predicted octanol–water partition coefficient (Wildman–Crippen LogP) is -0.764. The Kier molecular flexibility index (Phi) is 2.35. The first-order valence-electron chi connectivity index (χ1n) is 4.23. The summed E-state index contributed by atoms with van der Waals surface area (Å²) in [5, 5.41) is 6.20. The van der Waals surface area contributed by atoms with Gasteiger partial charge in [0, 0.05) is 13.5 Å². The van der Waals surface area contributed by atoms with Crippen LogP contribution in [0.1, 0.15) is 6.42 Å². The van der Waals surface area contributed by atoms with Crippen molar-refractivity contribution in [2.24, 2.45) is 0 Å². The number of nitrogens with zero attached hydrogens (tertiary/aromatic N) is 3. The molecule has 1 aliphatic rings. The van der Waals surface area contributed by atoms with Crippen molar-refractivity contribution in [3.05, 3.63) is 0 Å². The number of thioether (sulfide) groups is 1. The first-order valence-corrected chi connectivity index (χ1v) is 5.11. The first kappa shape index (κ1) is 9.97. The van der Waals surface area contributed by atoms with Gasteiger partial charge in [-0.3, -0.25) is 14.5 Å². The standard InChI is InChI=1S/C7H9N5O2S/c1-12-4(13)2-3(5(12)14)15-7-9-6(8)10-11-7/h3H,2H2,1H3,(H3,8,9,10,11). The topological polar surface area (TPSA) is 105 Å². The highest BCUT2D eigenvalue weighted by Gasteiger charge is 2.37. The average Bonchev–Trinajstić information content (AvgIpc) is 2.68. The third-order valence-electron chi connectivity index (χ3n) is 2.07. The maximum absolute atomic E-state index is 11.5. The van der Waals surface area contributed by atoms with Gasteiger partial charge in [-0.1, -0.05) is 11.8 Å². The van der Waals surface area contributed by atoms with Gasteiger partial charge in [-0.15, -0.1) is 5.10 Å². The van der Waals surface area contributed by atoms with Crippen molar-refractivity contribution in [2.45, 2.75) is 16.8 Å². The van der Waals surface area contributed by atoms with Gasteiger partial charge in [-0.2, -0.15) is 4.98 Å². The van der Waals surface area contributed by atoms with Gasteiger partial charge in [-0.25, -0.2) is 5.10 Å². The number of aromatic amines is 1. The van der Waals surface area contributed by atoms with Crippen LogP contribution in [0.2, 0.25) is 0 Å². The zero-order chi connectivity index (χ0) is 11.0. The molecule has 0 aromatic carbocycles. The zero-order valence-corrected chi connectivity index (χ0v) is 8.74. The van der Waals surface area contributed by atoms with Crippen molar-refractivity contribution in [1.29, 1.82) is 0 Å². The number of hydrogen-bond acceptors (Lipinski definition) is 6. The molecule has 1 aromatic rings. The van der Waals surface area contributed by atoms with E-state index in [2.05, 4.69) is 15.2 Å². The van der Waals surface area contributed by atoms with Crippen LogP contribution in [0.3, 0.4) is 0 Å². The molecule has 0 aliphatic carbocycles. The molecular formula is C7H9N5O2S. The lowest BCUT2D eigenvalue weighted by molar-refractivity contribution is -0.136. The van der Waals surface area contributed by atoms with E-state index < -0.39 is 5.25 Å². The fourth-order valence-electron chi connectivity index (χ4n) is 1.25. The number of nitrogens with two attached hydrogens (primary N) is 1. The molecule has 2 amide bonds. The van der Waals surface area contributed by atoms with E-state index in [1.807, 2.05) is 0 Å². The molecule has 80 valence electrons. The number of H-pyrrole nitrogens is 1. The van der Waals surface area contributed by atoms with Gasteiger partial charge in [0.25, 0.3) is 0 Å². The average molecular weight is 227 g/mol. The zero-order valence-electron chi connectivity index (χ0n) is 7.93. The normalized spacial score (nSPS) is 21.4. The highest BCUT2D eigenvalue weighted by molar-refractivity contribution is 8.00. The number of anilines is 1. The van der Waals surface area contributed by atoms with E-state index in [-0.39, 0.29) is 24.2 Å². The third-order valence-corrected chi connectivity index (χ3v) is 3.12. The summed E-state index contributed by atoms with van der Waals surface area (Å²) in [6, 6.07) is 0. The van der Waals surface area contributed by atoms with Crippen LogP contribution in [-0.2, 0) is 9.59 Å². The Bertz CT molecular complexity index is 417. The molecule has 1 saturated heterocycles. The first-order chi connectivity index (χ1) is 7.08. The summed E-state index contributed by atoms with van der Waals surface area (Å²) in [5.74, 6) is -0.197. The summed E-state index contributed by atoms with van der Waals surface area (Å²) in [6.07, 6.45) is 0.189. The summed E-state index contributed by atoms with van der Waals surface area (Å²) < 4.78 is 0. The minimum Gasteiger partial charge on any atom is -0.368 e. The lowest BCUT2D eigenvalue weighted by atomic mass is 10.4. The Hall–Kier alpha value is -1.57. The Morgan fingerprint density at radius 1 is 1.60 bits per heavy atom. The maximum atomic E-state index is 11.5. The Morgan fingerprint density at radius 2 is 2.33 bits per heavy atom. The van der Waals surface area contributed by atoms with E-state index in [0.29, 0.717) is 5.16 Å². The van der Waals surface area contributed by atoms with E-state index in [0.717, 1.165) is 16.7 Å². The number of hydrogen-bond donors (Lipinski definition) is 2. The van der Waals surface area contributed by atoms with Crippen molar-refractivity contribution in [1.82, 2.24) is 20.1 Å². The molecule has 1 fully saturated rings.